The summed E-state index contributed by atoms with van der Waals surface area (Å²) in [6.07, 6.45) is 2.93. The van der Waals surface area contributed by atoms with Crippen molar-refractivity contribution in [1.29, 1.82) is 0 Å². The lowest BCUT2D eigenvalue weighted by molar-refractivity contribution is 0.471. The minimum Gasteiger partial charge on any atom is -0.440 e. The van der Waals surface area contributed by atoms with Crippen molar-refractivity contribution >= 4 is 11.1 Å². The number of nitrogens with zero attached hydrogens (tertiary/aromatic N) is 1. The Morgan fingerprint density at radius 1 is 1.38 bits per heavy atom. The predicted octanol–water partition coefficient (Wildman–Crippen LogP) is 2.56. The Balaban J connectivity index is 1.99. The molecule has 1 saturated carbocycles. The van der Waals surface area contributed by atoms with E-state index in [1.54, 1.807) is 6.07 Å². The molecule has 2 N–H and O–H groups in total. The molecule has 3 rings (SSSR count). The van der Waals surface area contributed by atoms with Gasteiger partial charge in [-0.1, -0.05) is 0 Å². The second-order valence-corrected chi connectivity index (χ2v) is 4.43. The Kier molecular flexibility index (Phi) is 2.17. The summed E-state index contributed by atoms with van der Waals surface area (Å²) in [4.78, 5) is 4.33. The van der Waals surface area contributed by atoms with E-state index >= 15 is 0 Å². The minimum atomic E-state index is -0.282. The third kappa shape index (κ3) is 1.59. The highest BCUT2D eigenvalue weighted by atomic mass is 19.1. The zero-order chi connectivity index (χ0) is 11.1. The van der Waals surface area contributed by atoms with Gasteiger partial charge in [0, 0.05) is 18.0 Å². The monoisotopic (exact) mass is 220 g/mol. The molecule has 0 radical (unpaired) electrons. The normalized spacial score (nSPS) is 25.4. The molecular formula is C12H13FN2O. The summed E-state index contributed by atoms with van der Waals surface area (Å²) in [6.45, 7) is 0. The van der Waals surface area contributed by atoms with E-state index in [2.05, 4.69) is 4.98 Å². The van der Waals surface area contributed by atoms with Gasteiger partial charge in [-0.15, -0.1) is 0 Å². The van der Waals surface area contributed by atoms with Crippen LogP contribution in [0.4, 0.5) is 4.39 Å². The maximum atomic E-state index is 13.0. The molecule has 0 saturated heterocycles. The van der Waals surface area contributed by atoms with E-state index in [-0.39, 0.29) is 11.9 Å². The zero-order valence-corrected chi connectivity index (χ0v) is 8.82. The van der Waals surface area contributed by atoms with Gasteiger partial charge in [-0.2, -0.15) is 0 Å². The van der Waals surface area contributed by atoms with Gasteiger partial charge in [-0.3, -0.25) is 0 Å². The van der Waals surface area contributed by atoms with Gasteiger partial charge in [0.05, 0.1) is 0 Å². The van der Waals surface area contributed by atoms with E-state index in [1.807, 2.05) is 0 Å². The maximum absolute atomic E-state index is 13.0. The van der Waals surface area contributed by atoms with Gasteiger partial charge in [0.15, 0.2) is 11.5 Å². The fourth-order valence-electron chi connectivity index (χ4n) is 2.33. The molecule has 1 aromatic heterocycles. The molecule has 0 aliphatic heterocycles. The molecule has 1 aliphatic rings. The molecule has 4 heteroatoms. The molecule has 1 aromatic carbocycles. The van der Waals surface area contributed by atoms with Gasteiger partial charge in [-0.05, 0) is 31.4 Å². The number of hydrogen-bond donors (Lipinski definition) is 1. The quantitative estimate of drug-likeness (QED) is 0.803. The number of aromatic nitrogens is 1. The first kappa shape index (κ1) is 9.78. The van der Waals surface area contributed by atoms with E-state index in [0.717, 1.165) is 19.3 Å². The third-order valence-corrected chi connectivity index (χ3v) is 3.19. The number of oxazole rings is 1. The van der Waals surface area contributed by atoms with Crippen LogP contribution in [0.5, 0.6) is 0 Å². The second-order valence-electron chi connectivity index (χ2n) is 4.43. The SMILES string of the molecule is N[C@H]1CC[C@@H](c2nc3cc(F)ccc3o2)C1. The van der Waals surface area contributed by atoms with Crippen LogP contribution in [0, 0.1) is 5.82 Å². The molecule has 16 heavy (non-hydrogen) atoms. The molecule has 2 atom stereocenters. The van der Waals surface area contributed by atoms with Gasteiger partial charge in [0.25, 0.3) is 0 Å². The highest BCUT2D eigenvalue weighted by Crippen LogP contribution is 2.34. The van der Waals surface area contributed by atoms with Crippen molar-refractivity contribution in [2.75, 3.05) is 0 Å². The van der Waals surface area contributed by atoms with Crippen molar-refractivity contribution < 1.29 is 8.81 Å². The molecule has 1 aliphatic carbocycles. The van der Waals surface area contributed by atoms with Gasteiger partial charge < -0.3 is 10.2 Å². The first-order valence-electron chi connectivity index (χ1n) is 5.54. The van der Waals surface area contributed by atoms with E-state index in [4.69, 9.17) is 10.2 Å². The summed E-state index contributed by atoms with van der Waals surface area (Å²) in [6, 6.07) is 4.65. The summed E-state index contributed by atoms with van der Waals surface area (Å²) in [5.41, 5.74) is 7.09. The lowest BCUT2D eigenvalue weighted by atomic mass is 10.1. The molecule has 84 valence electrons. The van der Waals surface area contributed by atoms with Crippen molar-refractivity contribution in [3.8, 4) is 0 Å². The van der Waals surface area contributed by atoms with E-state index in [9.17, 15) is 4.39 Å². The van der Waals surface area contributed by atoms with Gasteiger partial charge >= 0.3 is 0 Å². The smallest absolute Gasteiger partial charge is 0.198 e. The van der Waals surface area contributed by atoms with Crippen LogP contribution in [0.1, 0.15) is 31.1 Å². The van der Waals surface area contributed by atoms with E-state index in [0.29, 0.717) is 22.9 Å². The van der Waals surface area contributed by atoms with Crippen LogP contribution in [0.3, 0.4) is 0 Å². The standard InChI is InChI=1S/C12H13FN2O/c13-8-2-4-11-10(6-8)15-12(16-11)7-1-3-9(14)5-7/h2,4,6-7,9H,1,3,5,14H2/t7-,9+/m1/s1. The lowest BCUT2D eigenvalue weighted by Crippen LogP contribution is -2.14. The Morgan fingerprint density at radius 2 is 2.25 bits per heavy atom. The van der Waals surface area contributed by atoms with Crippen molar-refractivity contribution in [3.63, 3.8) is 0 Å². The number of rotatable bonds is 1. The van der Waals surface area contributed by atoms with Crippen LogP contribution in [0.15, 0.2) is 22.6 Å². The lowest BCUT2D eigenvalue weighted by Gasteiger charge is -2.02. The molecule has 0 bridgehead atoms. The van der Waals surface area contributed by atoms with Crippen LogP contribution >= 0.6 is 0 Å². The largest absolute Gasteiger partial charge is 0.440 e. The van der Waals surface area contributed by atoms with Crippen molar-refractivity contribution in [2.24, 2.45) is 5.73 Å². The Bertz CT molecular complexity index is 523. The predicted molar refractivity (Wildman–Crippen MR) is 58.5 cm³/mol. The molecule has 3 nitrogen and oxygen atoms in total. The molecule has 1 heterocycles. The van der Waals surface area contributed by atoms with Crippen LogP contribution in [-0.4, -0.2) is 11.0 Å². The summed E-state index contributed by atoms with van der Waals surface area (Å²) in [5.74, 6) is 0.717. The van der Waals surface area contributed by atoms with Crippen LogP contribution in [0.2, 0.25) is 0 Å². The van der Waals surface area contributed by atoms with E-state index < -0.39 is 0 Å². The number of halogens is 1. The van der Waals surface area contributed by atoms with Gasteiger partial charge in [0.1, 0.15) is 11.3 Å². The first-order chi connectivity index (χ1) is 7.72. The van der Waals surface area contributed by atoms with Gasteiger partial charge in [-0.25, -0.2) is 9.37 Å². The summed E-state index contributed by atoms with van der Waals surface area (Å²) in [5, 5.41) is 0. The van der Waals surface area contributed by atoms with Crippen molar-refractivity contribution in [2.45, 2.75) is 31.2 Å². The minimum absolute atomic E-state index is 0.247. The summed E-state index contributed by atoms with van der Waals surface area (Å²) in [7, 11) is 0. The number of fused-ring (bicyclic) bond motifs is 1. The van der Waals surface area contributed by atoms with Crippen LogP contribution in [0.25, 0.3) is 11.1 Å². The molecule has 0 spiro atoms. The van der Waals surface area contributed by atoms with Crippen LogP contribution in [-0.2, 0) is 0 Å². The van der Waals surface area contributed by atoms with Crippen molar-refractivity contribution in [3.05, 3.63) is 29.9 Å². The zero-order valence-electron chi connectivity index (χ0n) is 8.82. The second kappa shape index (κ2) is 3.56. The summed E-state index contributed by atoms with van der Waals surface area (Å²) < 4.78 is 18.6. The Morgan fingerprint density at radius 3 is 3.00 bits per heavy atom. The highest BCUT2D eigenvalue weighted by Gasteiger charge is 2.27. The molecular weight excluding hydrogens is 207 g/mol. The highest BCUT2D eigenvalue weighted by molar-refractivity contribution is 5.72. The number of hydrogen-bond acceptors (Lipinski definition) is 3. The Hall–Kier alpha value is -1.42. The molecule has 0 unspecified atom stereocenters. The topological polar surface area (TPSA) is 52.0 Å². The van der Waals surface area contributed by atoms with Crippen molar-refractivity contribution in [1.82, 2.24) is 4.98 Å². The van der Waals surface area contributed by atoms with E-state index in [1.165, 1.54) is 12.1 Å². The molecule has 1 fully saturated rings. The fourth-order valence-corrected chi connectivity index (χ4v) is 2.33. The fraction of sp³-hybridized carbons (Fsp3) is 0.417. The third-order valence-electron chi connectivity index (χ3n) is 3.19. The average molecular weight is 220 g/mol. The number of benzene rings is 1. The first-order valence-corrected chi connectivity index (χ1v) is 5.54. The van der Waals surface area contributed by atoms with Crippen LogP contribution < -0.4 is 5.73 Å². The Labute approximate surface area is 92.5 Å². The molecule has 2 aromatic rings. The number of nitrogens with two attached hydrogens (primary N) is 1. The maximum Gasteiger partial charge on any atom is 0.198 e. The van der Waals surface area contributed by atoms with Gasteiger partial charge in [0.2, 0.25) is 0 Å². The summed E-state index contributed by atoms with van der Waals surface area (Å²) >= 11 is 0. The average Bonchev–Trinajstić information content (AvgIpc) is 2.83. The molecule has 0 amide bonds.